The SMILES string of the molecule is Cc1ccccc1-n1ncc(C(=O)[O-])c1C. The molecule has 4 nitrogen and oxygen atoms in total. The second-order valence-electron chi connectivity index (χ2n) is 3.63. The second kappa shape index (κ2) is 3.81. The number of aryl methyl sites for hydroxylation is 1. The predicted octanol–water partition coefficient (Wildman–Crippen LogP) is 0.853. The Hall–Kier alpha value is -2.10. The highest BCUT2D eigenvalue weighted by atomic mass is 16.4. The van der Waals surface area contributed by atoms with Gasteiger partial charge in [0.2, 0.25) is 0 Å². The zero-order valence-corrected chi connectivity index (χ0v) is 9.10. The molecule has 4 heteroatoms. The van der Waals surface area contributed by atoms with E-state index in [4.69, 9.17) is 0 Å². The van der Waals surface area contributed by atoms with Crippen LogP contribution >= 0.6 is 0 Å². The number of carbonyl (C=O) groups excluding carboxylic acids is 1. The molecule has 0 radical (unpaired) electrons. The Kier molecular flexibility index (Phi) is 2.48. The zero-order valence-electron chi connectivity index (χ0n) is 9.10. The number of hydrogen-bond donors (Lipinski definition) is 0. The van der Waals surface area contributed by atoms with Gasteiger partial charge in [0, 0.05) is 5.56 Å². The van der Waals surface area contributed by atoms with E-state index in [-0.39, 0.29) is 5.56 Å². The zero-order chi connectivity index (χ0) is 11.7. The molecule has 0 unspecified atom stereocenters. The highest BCUT2D eigenvalue weighted by molar-refractivity contribution is 5.86. The molecule has 1 aromatic carbocycles. The van der Waals surface area contributed by atoms with E-state index in [1.54, 1.807) is 11.6 Å². The minimum atomic E-state index is -1.20. The van der Waals surface area contributed by atoms with E-state index in [2.05, 4.69) is 5.10 Å². The summed E-state index contributed by atoms with van der Waals surface area (Å²) < 4.78 is 1.61. The lowest BCUT2D eigenvalue weighted by Gasteiger charge is -2.08. The molecule has 0 saturated carbocycles. The number of aromatic carboxylic acids is 1. The number of para-hydroxylation sites is 1. The van der Waals surface area contributed by atoms with Gasteiger partial charge >= 0.3 is 0 Å². The molecule has 0 saturated heterocycles. The number of carbonyl (C=O) groups is 1. The average Bonchev–Trinajstić information content (AvgIpc) is 2.61. The van der Waals surface area contributed by atoms with Crippen LogP contribution in [0.15, 0.2) is 30.5 Å². The van der Waals surface area contributed by atoms with Crippen LogP contribution in [0.4, 0.5) is 0 Å². The van der Waals surface area contributed by atoms with Gasteiger partial charge in [-0.3, -0.25) is 0 Å². The molecule has 1 heterocycles. The Labute approximate surface area is 93.1 Å². The summed E-state index contributed by atoms with van der Waals surface area (Å²) in [4.78, 5) is 10.8. The molecule has 0 fully saturated rings. The summed E-state index contributed by atoms with van der Waals surface area (Å²) in [5.41, 5.74) is 2.63. The van der Waals surface area contributed by atoms with Crippen molar-refractivity contribution in [3.63, 3.8) is 0 Å². The van der Waals surface area contributed by atoms with Gasteiger partial charge in [-0.05, 0) is 25.5 Å². The lowest BCUT2D eigenvalue weighted by molar-refractivity contribution is -0.255. The topological polar surface area (TPSA) is 58.0 Å². The molecule has 1 aromatic heterocycles. The molecule has 2 aromatic rings. The van der Waals surface area contributed by atoms with Crippen LogP contribution in [0.3, 0.4) is 0 Å². The molecule has 2 rings (SSSR count). The van der Waals surface area contributed by atoms with Gasteiger partial charge in [0.25, 0.3) is 0 Å². The number of nitrogens with zero attached hydrogens (tertiary/aromatic N) is 2. The van der Waals surface area contributed by atoms with Gasteiger partial charge in [-0.15, -0.1) is 0 Å². The van der Waals surface area contributed by atoms with Gasteiger partial charge < -0.3 is 9.90 Å². The van der Waals surface area contributed by atoms with Gasteiger partial charge in [0.05, 0.1) is 23.5 Å². The number of hydrogen-bond acceptors (Lipinski definition) is 3. The standard InChI is InChI=1S/C12H12N2O2/c1-8-5-3-4-6-11(8)14-9(2)10(7-13-14)12(15)16/h3-7H,1-2H3,(H,15,16)/p-1. The van der Waals surface area contributed by atoms with Gasteiger partial charge in [0.15, 0.2) is 0 Å². The van der Waals surface area contributed by atoms with Gasteiger partial charge in [-0.1, -0.05) is 18.2 Å². The van der Waals surface area contributed by atoms with Crippen LogP contribution < -0.4 is 5.11 Å². The number of carboxylic acids is 1. The van der Waals surface area contributed by atoms with Crippen molar-refractivity contribution in [2.24, 2.45) is 0 Å². The number of benzene rings is 1. The van der Waals surface area contributed by atoms with Crippen LogP contribution in [-0.4, -0.2) is 15.7 Å². The first kappa shape index (κ1) is 10.4. The Morgan fingerprint density at radius 2 is 2.00 bits per heavy atom. The fourth-order valence-electron chi connectivity index (χ4n) is 1.65. The summed E-state index contributed by atoms with van der Waals surface area (Å²) in [6.07, 6.45) is 1.32. The first-order chi connectivity index (χ1) is 7.61. The molecule has 0 aliphatic heterocycles. The minimum absolute atomic E-state index is 0.128. The van der Waals surface area contributed by atoms with Crippen molar-refractivity contribution in [1.82, 2.24) is 9.78 Å². The molecular formula is C12H11N2O2-. The summed E-state index contributed by atoms with van der Waals surface area (Å²) in [6, 6.07) is 7.67. The Bertz CT molecular complexity index is 544. The van der Waals surface area contributed by atoms with Crippen molar-refractivity contribution in [3.05, 3.63) is 47.3 Å². The highest BCUT2D eigenvalue weighted by Gasteiger charge is 2.09. The number of rotatable bonds is 2. The minimum Gasteiger partial charge on any atom is -0.545 e. The lowest BCUT2D eigenvalue weighted by Crippen LogP contribution is -2.22. The van der Waals surface area contributed by atoms with E-state index >= 15 is 0 Å². The Morgan fingerprint density at radius 3 is 2.56 bits per heavy atom. The summed E-state index contributed by atoms with van der Waals surface area (Å²) in [5, 5.41) is 14.9. The summed E-state index contributed by atoms with van der Waals surface area (Å²) >= 11 is 0. The van der Waals surface area contributed by atoms with Crippen LogP contribution in [0.2, 0.25) is 0 Å². The van der Waals surface area contributed by atoms with Crippen molar-refractivity contribution < 1.29 is 9.90 Å². The summed E-state index contributed by atoms with van der Waals surface area (Å²) in [7, 11) is 0. The van der Waals surface area contributed by atoms with Crippen molar-refractivity contribution >= 4 is 5.97 Å². The maximum Gasteiger partial charge on any atom is 0.0749 e. The lowest BCUT2D eigenvalue weighted by atomic mass is 10.2. The van der Waals surface area contributed by atoms with Crippen molar-refractivity contribution in [3.8, 4) is 5.69 Å². The molecule has 0 aliphatic rings. The number of carboxylic acid groups (broad SMARTS) is 1. The molecule has 0 spiro atoms. The van der Waals surface area contributed by atoms with Gasteiger partial charge in [-0.25, -0.2) is 4.68 Å². The monoisotopic (exact) mass is 215 g/mol. The first-order valence-corrected chi connectivity index (χ1v) is 4.93. The largest absolute Gasteiger partial charge is 0.545 e. The van der Waals surface area contributed by atoms with E-state index in [1.165, 1.54) is 6.20 Å². The fourth-order valence-corrected chi connectivity index (χ4v) is 1.65. The van der Waals surface area contributed by atoms with Gasteiger partial charge in [-0.2, -0.15) is 5.10 Å². The summed E-state index contributed by atoms with van der Waals surface area (Å²) in [6.45, 7) is 3.67. The van der Waals surface area contributed by atoms with E-state index in [1.807, 2.05) is 31.2 Å². The van der Waals surface area contributed by atoms with E-state index in [0.717, 1.165) is 11.3 Å². The number of aromatic nitrogens is 2. The normalized spacial score (nSPS) is 10.4. The fraction of sp³-hybridized carbons (Fsp3) is 0.167. The molecule has 0 amide bonds. The van der Waals surface area contributed by atoms with Crippen LogP contribution in [0, 0.1) is 13.8 Å². The molecule has 0 aliphatic carbocycles. The van der Waals surface area contributed by atoms with Crippen LogP contribution in [0.5, 0.6) is 0 Å². The molecule has 82 valence electrons. The maximum atomic E-state index is 10.8. The van der Waals surface area contributed by atoms with E-state index < -0.39 is 5.97 Å². The molecule has 0 bridgehead atoms. The predicted molar refractivity (Wildman–Crippen MR) is 57.4 cm³/mol. The van der Waals surface area contributed by atoms with Crippen molar-refractivity contribution in [2.75, 3.05) is 0 Å². The van der Waals surface area contributed by atoms with Crippen molar-refractivity contribution in [2.45, 2.75) is 13.8 Å². The summed E-state index contributed by atoms with van der Waals surface area (Å²) in [5.74, 6) is -1.20. The van der Waals surface area contributed by atoms with E-state index in [0.29, 0.717) is 5.69 Å². The van der Waals surface area contributed by atoms with Crippen LogP contribution in [-0.2, 0) is 0 Å². The second-order valence-corrected chi connectivity index (χ2v) is 3.63. The van der Waals surface area contributed by atoms with Gasteiger partial charge in [0.1, 0.15) is 0 Å². The smallest absolute Gasteiger partial charge is 0.0749 e. The molecule has 16 heavy (non-hydrogen) atoms. The first-order valence-electron chi connectivity index (χ1n) is 4.93. The van der Waals surface area contributed by atoms with Crippen molar-refractivity contribution in [1.29, 1.82) is 0 Å². The Balaban J connectivity index is 2.58. The maximum absolute atomic E-state index is 10.8. The van der Waals surface area contributed by atoms with E-state index in [9.17, 15) is 9.90 Å². The van der Waals surface area contributed by atoms with Crippen LogP contribution in [0.1, 0.15) is 21.6 Å². The Morgan fingerprint density at radius 1 is 1.31 bits per heavy atom. The molecule has 0 atom stereocenters. The third kappa shape index (κ3) is 1.58. The molecule has 0 N–H and O–H groups in total. The quantitative estimate of drug-likeness (QED) is 0.746. The molecular weight excluding hydrogens is 204 g/mol. The third-order valence-corrected chi connectivity index (χ3v) is 2.57. The third-order valence-electron chi connectivity index (χ3n) is 2.57. The average molecular weight is 215 g/mol. The van der Waals surface area contributed by atoms with Crippen LogP contribution in [0.25, 0.3) is 5.69 Å². The highest BCUT2D eigenvalue weighted by Crippen LogP contribution is 2.16.